The predicted molar refractivity (Wildman–Crippen MR) is 44.1 cm³/mol. The van der Waals surface area contributed by atoms with Gasteiger partial charge in [-0.2, -0.15) is 12.6 Å². The zero-order chi connectivity index (χ0) is 6.53. The Labute approximate surface area is 62.6 Å². The van der Waals surface area contributed by atoms with Crippen molar-refractivity contribution in [2.24, 2.45) is 0 Å². The second-order valence-electron chi connectivity index (χ2n) is 2.68. The second kappa shape index (κ2) is 4.18. The molecule has 0 aromatic rings. The van der Waals surface area contributed by atoms with Crippen LogP contribution in [0.2, 0.25) is 0 Å². The van der Waals surface area contributed by atoms with E-state index in [1.807, 2.05) is 0 Å². The molecule has 0 amide bonds. The summed E-state index contributed by atoms with van der Waals surface area (Å²) in [5.41, 5.74) is 0. The zero-order valence-electron chi connectivity index (χ0n) is 5.77. The Hall–Kier alpha value is 0.310. The van der Waals surface area contributed by atoms with Crippen molar-refractivity contribution in [3.05, 3.63) is 0 Å². The highest BCUT2D eigenvalue weighted by atomic mass is 32.1. The SMILES string of the molecule is SCC1CCCCCN1. The summed E-state index contributed by atoms with van der Waals surface area (Å²) in [7, 11) is 0. The molecule has 0 saturated carbocycles. The van der Waals surface area contributed by atoms with Crippen LogP contribution in [0.4, 0.5) is 0 Å². The van der Waals surface area contributed by atoms with Gasteiger partial charge in [-0.1, -0.05) is 12.8 Å². The molecule has 0 aliphatic carbocycles. The zero-order valence-corrected chi connectivity index (χ0v) is 6.66. The van der Waals surface area contributed by atoms with Gasteiger partial charge in [0.2, 0.25) is 0 Å². The molecular formula is C7H15NS. The molecule has 9 heavy (non-hydrogen) atoms. The molecule has 1 atom stereocenters. The molecule has 1 aliphatic rings. The molecule has 1 rings (SSSR count). The lowest BCUT2D eigenvalue weighted by atomic mass is 10.1. The molecule has 1 fully saturated rings. The lowest BCUT2D eigenvalue weighted by Crippen LogP contribution is -2.29. The smallest absolute Gasteiger partial charge is 0.0155 e. The van der Waals surface area contributed by atoms with E-state index >= 15 is 0 Å². The van der Waals surface area contributed by atoms with E-state index in [0.717, 1.165) is 5.75 Å². The predicted octanol–water partition coefficient (Wildman–Crippen LogP) is 1.45. The van der Waals surface area contributed by atoms with Crippen molar-refractivity contribution >= 4 is 12.6 Å². The Kier molecular flexibility index (Phi) is 3.44. The topological polar surface area (TPSA) is 12.0 Å². The molecule has 1 aliphatic heterocycles. The van der Waals surface area contributed by atoms with Gasteiger partial charge in [0.15, 0.2) is 0 Å². The Morgan fingerprint density at radius 2 is 2.22 bits per heavy atom. The summed E-state index contributed by atoms with van der Waals surface area (Å²) < 4.78 is 0. The van der Waals surface area contributed by atoms with Gasteiger partial charge in [-0.15, -0.1) is 0 Å². The first-order chi connectivity index (χ1) is 4.43. The third-order valence-corrected chi connectivity index (χ3v) is 2.32. The number of rotatable bonds is 1. The van der Waals surface area contributed by atoms with Crippen LogP contribution in [-0.4, -0.2) is 18.3 Å². The molecule has 2 heteroatoms. The summed E-state index contributed by atoms with van der Waals surface area (Å²) >= 11 is 4.25. The Bertz CT molecular complexity index is 67.3. The van der Waals surface area contributed by atoms with Crippen molar-refractivity contribution in [1.29, 1.82) is 0 Å². The highest BCUT2D eigenvalue weighted by Crippen LogP contribution is 2.08. The van der Waals surface area contributed by atoms with Gasteiger partial charge in [0, 0.05) is 11.8 Å². The molecular weight excluding hydrogens is 130 g/mol. The van der Waals surface area contributed by atoms with Crippen molar-refractivity contribution in [2.45, 2.75) is 31.7 Å². The van der Waals surface area contributed by atoms with E-state index in [1.54, 1.807) is 0 Å². The Morgan fingerprint density at radius 3 is 3.00 bits per heavy atom. The minimum Gasteiger partial charge on any atom is -0.313 e. The fraction of sp³-hybridized carbons (Fsp3) is 1.00. The monoisotopic (exact) mass is 145 g/mol. The maximum Gasteiger partial charge on any atom is 0.0155 e. The third kappa shape index (κ3) is 2.59. The van der Waals surface area contributed by atoms with Crippen molar-refractivity contribution in [1.82, 2.24) is 5.32 Å². The summed E-state index contributed by atoms with van der Waals surface area (Å²) in [6, 6.07) is 0.691. The van der Waals surface area contributed by atoms with E-state index in [9.17, 15) is 0 Å². The van der Waals surface area contributed by atoms with Gasteiger partial charge in [-0.05, 0) is 19.4 Å². The molecule has 0 radical (unpaired) electrons. The lowest BCUT2D eigenvalue weighted by molar-refractivity contribution is 0.559. The first-order valence-electron chi connectivity index (χ1n) is 3.77. The largest absolute Gasteiger partial charge is 0.313 e. The third-order valence-electron chi connectivity index (χ3n) is 1.88. The number of thiol groups is 1. The van der Waals surface area contributed by atoms with Crippen molar-refractivity contribution in [2.75, 3.05) is 12.3 Å². The van der Waals surface area contributed by atoms with Crippen LogP contribution in [0.25, 0.3) is 0 Å². The highest BCUT2D eigenvalue weighted by Gasteiger charge is 2.07. The number of hydrogen-bond donors (Lipinski definition) is 2. The van der Waals surface area contributed by atoms with Gasteiger partial charge < -0.3 is 5.32 Å². The van der Waals surface area contributed by atoms with Gasteiger partial charge in [-0.25, -0.2) is 0 Å². The van der Waals surface area contributed by atoms with E-state index in [4.69, 9.17) is 0 Å². The fourth-order valence-electron chi connectivity index (χ4n) is 1.26. The maximum atomic E-state index is 4.25. The molecule has 1 N–H and O–H groups in total. The molecule has 0 spiro atoms. The molecule has 0 aromatic carbocycles. The number of hydrogen-bond acceptors (Lipinski definition) is 2. The first-order valence-corrected chi connectivity index (χ1v) is 4.41. The van der Waals surface area contributed by atoms with Crippen LogP contribution in [0.15, 0.2) is 0 Å². The summed E-state index contributed by atoms with van der Waals surface area (Å²) in [6.07, 6.45) is 5.46. The molecule has 1 heterocycles. The Morgan fingerprint density at radius 1 is 1.33 bits per heavy atom. The van der Waals surface area contributed by atoms with Crippen LogP contribution in [0.1, 0.15) is 25.7 Å². The summed E-state index contributed by atoms with van der Waals surface area (Å²) in [4.78, 5) is 0. The van der Waals surface area contributed by atoms with Crippen LogP contribution < -0.4 is 5.32 Å². The molecule has 54 valence electrons. The quantitative estimate of drug-likeness (QED) is 0.532. The van der Waals surface area contributed by atoms with E-state index in [2.05, 4.69) is 17.9 Å². The van der Waals surface area contributed by atoms with Gasteiger partial charge in [-0.3, -0.25) is 0 Å². The van der Waals surface area contributed by atoms with Crippen LogP contribution in [0, 0.1) is 0 Å². The minimum atomic E-state index is 0.691. The minimum absolute atomic E-state index is 0.691. The van der Waals surface area contributed by atoms with Gasteiger partial charge in [0.1, 0.15) is 0 Å². The van der Waals surface area contributed by atoms with Crippen LogP contribution in [0.3, 0.4) is 0 Å². The van der Waals surface area contributed by atoms with Gasteiger partial charge >= 0.3 is 0 Å². The van der Waals surface area contributed by atoms with Crippen LogP contribution >= 0.6 is 12.6 Å². The van der Waals surface area contributed by atoms with Crippen molar-refractivity contribution in [3.8, 4) is 0 Å². The summed E-state index contributed by atoms with van der Waals surface area (Å²) in [5, 5.41) is 3.45. The van der Waals surface area contributed by atoms with Crippen LogP contribution in [0.5, 0.6) is 0 Å². The molecule has 0 aromatic heterocycles. The second-order valence-corrected chi connectivity index (χ2v) is 3.05. The van der Waals surface area contributed by atoms with E-state index in [-0.39, 0.29) is 0 Å². The first kappa shape index (κ1) is 7.42. The number of nitrogens with one attached hydrogen (secondary N) is 1. The molecule has 0 bridgehead atoms. The van der Waals surface area contributed by atoms with Gasteiger partial charge in [0.05, 0.1) is 0 Å². The summed E-state index contributed by atoms with van der Waals surface area (Å²) in [5.74, 6) is 1.00. The van der Waals surface area contributed by atoms with Gasteiger partial charge in [0.25, 0.3) is 0 Å². The molecule has 1 nitrogen and oxygen atoms in total. The van der Waals surface area contributed by atoms with E-state index < -0.39 is 0 Å². The average Bonchev–Trinajstić information content (AvgIpc) is 2.13. The van der Waals surface area contributed by atoms with E-state index in [0.29, 0.717) is 6.04 Å². The maximum absolute atomic E-state index is 4.25. The average molecular weight is 145 g/mol. The standard InChI is InChI=1S/C7H15NS/c9-6-7-4-2-1-3-5-8-7/h7-9H,1-6H2. The molecule has 1 unspecified atom stereocenters. The molecule has 1 saturated heterocycles. The lowest BCUT2D eigenvalue weighted by Gasteiger charge is -2.10. The summed E-state index contributed by atoms with van der Waals surface area (Å²) in [6.45, 7) is 1.20. The highest BCUT2D eigenvalue weighted by molar-refractivity contribution is 7.80. The van der Waals surface area contributed by atoms with Crippen LogP contribution in [-0.2, 0) is 0 Å². The van der Waals surface area contributed by atoms with Crippen molar-refractivity contribution < 1.29 is 0 Å². The fourth-order valence-corrected chi connectivity index (χ4v) is 1.57. The normalized spacial score (nSPS) is 29.7. The van der Waals surface area contributed by atoms with E-state index in [1.165, 1.54) is 32.2 Å². The van der Waals surface area contributed by atoms with Crippen molar-refractivity contribution in [3.63, 3.8) is 0 Å². The Balaban J connectivity index is 2.18.